The first kappa shape index (κ1) is 20.6. The summed E-state index contributed by atoms with van der Waals surface area (Å²) in [4.78, 5) is 7.96. The van der Waals surface area contributed by atoms with Crippen molar-refractivity contribution < 1.29 is 0 Å². The van der Waals surface area contributed by atoms with Gasteiger partial charge in [0, 0.05) is 0 Å². The van der Waals surface area contributed by atoms with E-state index in [-0.39, 0.29) is 36.7 Å². The summed E-state index contributed by atoms with van der Waals surface area (Å²) < 4.78 is 0. The summed E-state index contributed by atoms with van der Waals surface area (Å²) in [5.74, 6) is 0.108. The third-order valence-corrected chi connectivity index (χ3v) is 2.80. The lowest BCUT2D eigenvalue weighted by molar-refractivity contribution is 1.19. The van der Waals surface area contributed by atoms with Crippen LogP contribution in [-0.4, -0.2) is 11.9 Å². The fourth-order valence-electron chi connectivity index (χ4n) is 1.91. The Morgan fingerprint density at radius 2 is 0.913 bits per heavy atom. The molecule has 0 fully saturated rings. The summed E-state index contributed by atoms with van der Waals surface area (Å²) in [6.07, 6.45) is 0.810. The summed E-state index contributed by atoms with van der Waals surface area (Å²) in [7, 11) is 0. The number of hydrogen-bond acceptors (Lipinski definition) is 2. The lowest BCUT2D eigenvalue weighted by Gasteiger charge is -2.03. The molecule has 2 aromatic rings. The number of rotatable bonds is 4. The second kappa shape index (κ2) is 9.55. The van der Waals surface area contributed by atoms with Gasteiger partial charge in [0.15, 0.2) is 11.9 Å². The maximum Gasteiger partial charge on any atom is 0.191 e. The van der Waals surface area contributed by atoms with E-state index in [1.165, 1.54) is 11.1 Å². The fraction of sp³-hybridized carbons (Fsp3) is 0.0667. The van der Waals surface area contributed by atoms with Crippen LogP contribution in [0, 0.1) is 0 Å². The predicted molar refractivity (Wildman–Crippen MR) is 101 cm³/mol. The Hall–Kier alpha value is -2.44. The van der Waals surface area contributed by atoms with Gasteiger partial charge >= 0.3 is 0 Å². The van der Waals surface area contributed by atoms with Gasteiger partial charge < -0.3 is 22.9 Å². The van der Waals surface area contributed by atoms with Crippen molar-refractivity contribution in [1.29, 1.82) is 0 Å². The second-order valence-electron chi connectivity index (χ2n) is 4.58. The van der Waals surface area contributed by atoms with Gasteiger partial charge in [0.2, 0.25) is 0 Å². The second-order valence-corrected chi connectivity index (χ2v) is 4.58. The largest absolute Gasteiger partial charge is 0.370 e. The van der Waals surface area contributed by atoms with Crippen LogP contribution < -0.4 is 22.9 Å². The molecule has 0 radical (unpaired) electrons. The average molecular weight is 355 g/mol. The van der Waals surface area contributed by atoms with Crippen LogP contribution in [0.5, 0.6) is 0 Å². The molecule has 2 aromatic carbocycles. The number of guanidine groups is 2. The third-order valence-electron chi connectivity index (χ3n) is 2.80. The molecule has 0 aliphatic carbocycles. The molecule has 0 aromatic heterocycles. The zero-order valence-electron chi connectivity index (χ0n) is 12.3. The molecular weight excluding hydrogens is 335 g/mol. The van der Waals surface area contributed by atoms with E-state index in [4.69, 9.17) is 22.9 Å². The van der Waals surface area contributed by atoms with Gasteiger partial charge in [0.05, 0.1) is 11.4 Å². The van der Waals surface area contributed by atoms with Crippen LogP contribution in [0.1, 0.15) is 11.1 Å². The summed E-state index contributed by atoms with van der Waals surface area (Å²) in [5, 5.41) is 0. The maximum atomic E-state index is 5.33. The highest BCUT2D eigenvalue weighted by molar-refractivity contribution is 5.85. The van der Waals surface area contributed by atoms with Crippen molar-refractivity contribution >= 4 is 48.1 Å². The molecule has 0 atom stereocenters. The molecule has 8 N–H and O–H groups in total. The first-order valence-corrected chi connectivity index (χ1v) is 6.40. The predicted octanol–water partition coefficient (Wildman–Crippen LogP) is 1.93. The average Bonchev–Trinajstić information content (AvgIpc) is 2.42. The molecular formula is C15H20Cl2N6. The molecule has 8 heteroatoms. The number of nitrogens with two attached hydrogens (primary N) is 4. The zero-order chi connectivity index (χ0) is 15.2. The van der Waals surface area contributed by atoms with Crippen molar-refractivity contribution in [2.24, 2.45) is 32.9 Å². The quantitative estimate of drug-likeness (QED) is 0.493. The van der Waals surface area contributed by atoms with E-state index >= 15 is 0 Å². The molecule has 0 aliphatic rings. The molecule has 0 saturated carbocycles. The topological polar surface area (TPSA) is 129 Å². The van der Waals surface area contributed by atoms with Gasteiger partial charge in [-0.25, -0.2) is 9.98 Å². The molecule has 23 heavy (non-hydrogen) atoms. The number of halogens is 2. The van der Waals surface area contributed by atoms with E-state index in [1.54, 1.807) is 0 Å². The fourth-order valence-corrected chi connectivity index (χ4v) is 1.91. The first-order valence-electron chi connectivity index (χ1n) is 6.40. The van der Waals surface area contributed by atoms with E-state index in [0.717, 1.165) is 17.8 Å². The lowest BCUT2D eigenvalue weighted by Crippen LogP contribution is -2.21. The third kappa shape index (κ3) is 6.90. The summed E-state index contributed by atoms with van der Waals surface area (Å²) in [5.41, 5.74) is 25.1. The Morgan fingerprint density at radius 3 is 1.17 bits per heavy atom. The normalized spacial score (nSPS) is 9.04. The minimum Gasteiger partial charge on any atom is -0.370 e. The van der Waals surface area contributed by atoms with Crippen LogP contribution in [0.15, 0.2) is 58.5 Å². The molecule has 6 nitrogen and oxygen atoms in total. The molecule has 2 rings (SSSR count). The van der Waals surface area contributed by atoms with Gasteiger partial charge in [-0.3, -0.25) is 0 Å². The molecule has 0 amide bonds. The van der Waals surface area contributed by atoms with Crippen LogP contribution in [0.3, 0.4) is 0 Å². The van der Waals surface area contributed by atoms with Crippen molar-refractivity contribution in [3.8, 4) is 0 Å². The van der Waals surface area contributed by atoms with Crippen LogP contribution in [0.25, 0.3) is 0 Å². The van der Waals surface area contributed by atoms with E-state index < -0.39 is 0 Å². The van der Waals surface area contributed by atoms with E-state index in [9.17, 15) is 0 Å². The van der Waals surface area contributed by atoms with Gasteiger partial charge in [-0.05, 0) is 41.8 Å². The summed E-state index contributed by atoms with van der Waals surface area (Å²) >= 11 is 0. The van der Waals surface area contributed by atoms with Gasteiger partial charge in [-0.15, -0.1) is 24.8 Å². The highest BCUT2D eigenvalue weighted by Crippen LogP contribution is 2.18. The Labute approximate surface area is 147 Å². The standard InChI is InChI=1S/C15H18N6.2ClH/c16-14(17)20-12-5-1-10(2-6-12)9-11-3-7-13(8-4-11)21-15(18)19;;/h1-8H,9H2,(H4,16,17,20)(H4,18,19,21);2*1H. The Balaban J connectivity index is 0.00000242. The molecule has 0 aliphatic heterocycles. The minimum absolute atomic E-state index is 0. The van der Waals surface area contributed by atoms with Crippen LogP contribution in [-0.2, 0) is 6.42 Å². The van der Waals surface area contributed by atoms with Gasteiger partial charge in [-0.1, -0.05) is 24.3 Å². The summed E-state index contributed by atoms with van der Waals surface area (Å²) in [6, 6.07) is 15.5. The van der Waals surface area contributed by atoms with Crippen LogP contribution in [0.2, 0.25) is 0 Å². The summed E-state index contributed by atoms with van der Waals surface area (Å²) in [6.45, 7) is 0. The minimum atomic E-state index is 0. The van der Waals surface area contributed by atoms with Crippen LogP contribution in [0.4, 0.5) is 11.4 Å². The smallest absolute Gasteiger partial charge is 0.191 e. The number of nitrogens with zero attached hydrogens (tertiary/aromatic N) is 2. The maximum absolute atomic E-state index is 5.33. The molecule has 124 valence electrons. The lowest BCUT2D eigenvalue weighted by atomic mass is 10.0. The SMILES string of the molecule is Cl.Cl.NC(N)=Nc1ccc(Cc2ccc(N=C(N)N)cc2)cc1. The van der Waals surface area contributed by atoms with Crippen LogP contribution >= 0.6 is 24.8 Å². The van der Waals surface area contributed by atoms with Crippen molar-refractivity contribution in [2.75, 3.05) is 0 Å². The Morgan fingerprint density at radius 1 is 0.609 bits per heavy atom. The highest BCUT2D eigenvalue weighted by atomic mass is 35.5. The number of benzene rings is 2. The molecule has 0 heterocycles. The molecule has 0 bridgehead atoms. The first-order chi connectivity index (χ1) is 10.0. The van der Waals surface area contributed by atoms with E-state index in [1.807, 2.05) is 48.5 Å². The van der Waals surface area contributed by atoms with Gasteiger partial charge in [0.25, 0.3) is 0 Å². The molecule has 0 saturated heterocycles. The van der Waals surface area contributed by atoms with E-state index in [2.05, 4.69) is 9.98 Å². The monoisotopic (exact) mass is 354 g/mol. The van der Waals surface area contributed by atoms with Crippen molar-refractivity contribution in [3.05, 3.63) is 59.7 Å². The molecule has 0 unspecified atom stereocenters. The van der Waals surface area contributed by atoms with Gasteiger partial charge in [-0.2, -0.15) is 0 Å². The van der Waals surface area contributed by atoms with Crippen molar-refractivity contribution in [2.45, 2.75) is 6.42 Å². The highest BCUT2D eigenvalue weighted by Gasteiger charge is 1.98. The Kier molecular flexibility index (Phi) is 8.54. The van der Waals surface area contributed by atoms with Gasteiger partial charge in [0.1, 0.15) is 0 Å². The van der Waals surface area contributed by atoms with Crippen molar-refractivity contribution in [3.63, 3.8) is 0 Å². The number of hydrogen-bond donors (Lipinski definition) is 4. The van der Waals surface area contributed by atoms with Crippen molar-refractivity contribution in [1.82, 2.24) is 0 Å². The van der Waals surface area contributed by atoms with E-state index in [0.29, 0.717) is 0 Å². The Bertz CT molecular complexity index is 598. The molecule has 0 spiro atoms. The number of aliphatic imine (C=N–C) groups is 2. The zero-order valence-corrected chi connectivity index (χ0v) is 14.0.